The van der Waals surface area contributed by atoms with Crippen LogP contribution in [0.4, 0.5) is 10.8 Å². The molecule has 0 spiro atoms. The number of methoxy groups -OCH3 is 1. The zero-order chi connectivity index (χ0) is 13.2. The van der Waals surface area contributed by atoms with Crippen molar-refractivity contribution in [2.24, 2.45) is 0 Å². The summed E-state index contributed by atoms with van der Waals surface area (Å²) in [5.41, 5.74) is 2.99. The summed E-state index contributed by atoms with van der Waals surface area (Å²) in [6.45, 7) is 2.05. The molecule has 2 aromatic heterocycles. The van der Waals surface area contributed by atoms with Gasteiger partial charge in [-0.15, -0.1) is 12.4 Å². The molecule has 0 atom stereocenters. The van der Waals surface area contributed by atoms with Crippen LogP contribution in [0.2, 0.25) is 0 Å². The van der Waals surface area contributed by atoms with E-state index in [4.69, 9.17) is 4.74 Å². The van der Waals surface area contributed by atoms with E-state index in [1.54, 1.807) is 13.3 Å². The van der Waals surface area contributed by atoms with E-state index < -0.39 is 0 Å². The summed E-state index contributed by atoms with van der Waals surface area (Å²) < 4.78 is 5.35. The standard InChI is InChI=1S/C14H13N3OS.ClH/c1-9-5-6-12(18-2)11(8-9)17-14-16-10-4-3-7-15-13(10)19-14;/h3-8H,1-2H3,(H,16,17);1H. The maximum Gasteiger partial charge on any atom is 0.189 e. The Kier molecular flexibility index (Phi) is 4.42. The minimum Gasteiger partial charge on any atom is -0.495 e. The van der Waals surface area contributed by atoms with Crippen LogP contribution in [0.5, 0.6) is 5.75 Å². The number of pyridine rings is 1. The third kappa shape index (κ3) is 2.84. The molecule has 3 rings (SSSR count). The first kappa shape index (κ1) is 14.6. The largest absolute Gasteiger partial charge is 0.495 e. The third-order valence-corrected chi connectivity index (χ3v) is 3.66. The second kappa shape index (κ2) is 6.07. The molecule has 0 saturated heterocycles. The second-order valence-corrected chi connectivity index (χ2v) is 5.15. The molecule has 0 radical (unpaired) electrons. The van der Waals surface area contributed by atoms with Crippen molar-refractivity contribution in [3.8, 4) is 5.75 Å². The number of hydrogen-bond acceptors (Lipinski definition) is 5. The predicted octanol–water partition coefficient (Wildman–Crippen LogP) is 4.17. The van der Waals surface area contributed by atoms with Gasteiger partial charge >= 0.3 is 0 Å². The Labute approximate surface area is 127 Å². The smallest absolute Gasteiger partial charge is 0.189 e. The highest BCUT2D eigenvalue weighted by molar-refractivity contribution is 7.21. The van der Waals surface area contributed by atoms with Crippen LogP contribution in [0.15, 0.2) is 36.5 Å². The maximum atomic E-state index is 5.35. The van der Waals surface area contributed by atoms with Gasteiger partial charge in [-0.3, -0.25) is 0 Å². The van der Waals surface area contributed by atoms with Crippen LogP contribution >= 0.6 is 23.7 Å². The Morgan fingerprint density at radius 3 is 2.85 bits per heavy atom. The molecule has 0 bridgehead atoms. The van der Waals surface area contributed by atoms with Crippen molar-refractivity contribution in [2.75, 3.05) is 12.4 Å². The van der Waals surface area contributed by atoms with Crippen molar-refractivity contribution in [1.29, 1.82) is 0 Å². The molecule has 1 N–H and O–H groups in total. The van der Waals surface area contributed by atoms with E-state index in [-0.39, 0.29) is 12.4 Å². The maximum absolute atomic E-state index is 5.35. The lowest BCUT2D eigenvalue weighted by Gasteiger charge is -2.09. The minimum absolute atomic E-state index is 0. The lowest BCUT2D eigenvalue weighted by Crippen LogP contribution is -1.94. The van der Waals surface area contributed by atoms with Crippen molar-refractivity contribution in [3.05, 3.63) is 42.1 Å². The first-order valence-corrected chi connectivity index (χ1v) is 6.71. The van der Waals surface area contributed by atoms with Gasteiger partial charge in [0.1, 0.15) is 16.1 Å². The van der Waals surface area contributed by atoms with Crippen molar-refractivity contribution >= 4 is 44.9 Å². The molecule has 3 aromatic rings. The van der Waals surface area contributed by atoms with Crippen LogP contribution in [-0.4, -0.2) is 17.1 Å². The molecular weight excluding hydrogens is 294 g/mol. The number of benzene rings is 1. The fourth-order valence-corrected chi connectivity index (χ4v) is 2.68. The highest BCUT2D eigenvalue weighted by Gasteiger charge is 2.08. The molecule has 4 nitrogen and oxygen atoms in total. The molecule has 0 saturated carbocycles. The molecule has 0 amide bonds. The van der Waals surface area contributed by atoms with E-state index in [1.807, 2.05) is 37.3 Å². The first-order chi connectivity index (χ1) is 9.26. The number of fused-ring (bicyclic) bond motifs is 1. The molecule has 0 fully saturated rings. The Balaban J connectivity index is 0.00000147. The van der Waals surface area contributed by atoms with Gasteiger partial charge in [0.25, 0.3) is 0 Å². The number of halogens is 1. The van der Waals surface area contributed by atoms with Gasteiger partial charge in [-0.25, -0.2) is 9.97 Å². The zero-order valence-corrected chi connectivity index (χ0v) is 12.7. The van der Waals surface area contributed by atoms with E-state index in [1.165, 1.54) is 16.9 Å². The third-order valence-electron chi connectivity index (χ3n) is 2.76. The van der Waals surface area contributed by atoms with Crippen molar-refractivity contribution in [1.82, 2.24) is 9.97 Å². The highest BCUT2D eigenvalue weighted by atomic mass is 35.5. The topological polar surface area (TPSA) is 47.0 Å². The Morgan fingerprint density at radius 2 is 2.10 bits per heavy atom. The van der Waals surface area contributed by atoms with E-state index >= 15 is 0 Å². The van der Waals surface area contributed by atoms with Crippen LogP contribution < -0.4 is 10.1 Å². The normalized spacial score (nSPS) is 10.1. The summed E-state index contributed by atoms with van der Waals surface area (Å²) in [6.07, 6.45) is 1.78. The van der Waals surface area contributed by atoms with E-state index in [9.17, 15) is 0 Å². The molecule has 0 aliphatic heterocycles. The van der Waals surface area contributed by atoms with E-state index in [0.717, 1.165) is 26.9 Å². The minimum atomic E-state index is 0. The average molecular weight is 308 g/mol. The van der Waals surface area contributed by atoms with Gasteiger partial charge in [-0.1, -0.05) is 17.4 Å². The van der Waals surface area contributed by atoms with E-state index in [2.05, 4.69) is 15.3 Å². The van der Waals surface area contributed by atoms with Crippen LogP contribution in [0.25, 0.3) is 10.3 Å². The number of ether oxygens (including phenoxy) is 1. The van der Waals surface area contributed by atoms with Crippen molar-refractivity contribution in [2.45, 2.75) is 6.92 Å². The molecule has 0 aliphatic carbocycles. The summed E-state index contributed by atoms with van der Waals surface area (Å²) in [5.74, 6) is 0.804. The van der Waals surface area contributed by atoms with Gasteiger partial charge < -0.3 is 10.1 Å². The van der Waals surface area contributed by atoms with Gasteiger partial charge in [-0.05, 0) is 36.8 Å². The SMILES string of the molecule is COc1ccc(C)cc1Nc1nc2cccnc2s1.Cl. The zero-order valence-electron chi connectivity index (χ0n) is 11.1. The number of hydrogen-bond donors (Lipinski definition) is 1. The van der Waals surface area contributed by atoms with Crippen LogP contribution in [0, 0.1) is 6.92 Å². The van der Waals surface area contributed by atoms with Gasteiger partial charge in [0, 0.05) is 6.20 Å². The lowest BCUT2D eigenvalue weighted by molar-refractivity contribution is 0.416. The summed E-state index contributed by atoms with van der Waals surface area (Å²) in [6, 6.07) is 9.85. The number of nitrogens with zero attached hydrogens (tertiary/aromatic N) is 2. The van der Waals surface area contributed by atoms with Crippen LogP contribution in [-0.2, 0) is 0 Å². The average Bonchev–Trinajstić information content (AvgIpc) is 2.81. The fourth-order valence-electron chi connectivity index (χ4n) is 1.86. The number of aromatic nitrogens is 2. The summed E-state index contributed by atoms with van der Waals surface area (Å²) in [5, 5.41) is 4.11. The molecule has 6 heteroatoms. The molecule has 20 heavy (non-hydrogen) atoms. The van der Waals surface area contributed by atoms with Gasteiger partial charge in [-0.2, -0.15) is 0 Å². The molecule has 0 aliphatic rings. The molecule has 2 heterocycles. The number of thiazole rings is 1. The number of aryl methyl sites for hydroxylation is 1. The van der Waals surface area contributed by atoms with E-state index in [0.29, 0.717) is 0 Å². The van der Waals surface area contributed by atoms with Gasteiger partial charge in [0.2, 0.25) is 0 Å². The predicted molar refractivity (Wildman–Crippen MR) is 85.7 cm³/mol. The number of nitrogens with one attached hydrogen (secondary N) is 1. The second-order valence-electron chi connectivity index (χ2n) is 4.18. The van der Waals surface area contributed by atoms with Crippen LogP contribution in [0.3, 0.4) is 0 Å². The summed E-state index contributed by atoms with van der Waals surface area (Å²) in [7, 11) is 1.66. The summed E-state index contributed by atoms with van der Waals surface area (Å²) >= 11 is 1.53. The number of rotatable bonds is 3. The van der Waals surface area contributed by atoms with Gasteiger partial charge in [0.05, 0.1) is 12.8 Å². The number of anilines is 2. The molecule has 1 aromatic carbocycles. The van der Waals surface area contributed by atoms with Crippen molar-refractivity contribution in [3.63, 3.8) is 0 Å². The van der Waals surface area contributed by atoms with Crippen molar-refractivity contribution < 1.29 is 4.74 Å². The highest BCUT2D eigenvalue weighted by Crippen LogP contribution is 2.31. The summed E-state index contributed by atoms with van der Waals surface area (Å²) in [4.78, 5) is 9.72. The monoisotopic (exact) mass is 307 g/mol. The molecular formula is C14H14ClN3OS. The molecule has 104 valence electrons. The van der Waals surface area contributed by atoms with Crippen LogP contribution in [0.1, 0.15) is 5.56 Å². The lowest BCUT2D eigenvalue weighted by atomic mass is 10.2. The Hall–Kier alpha value is -1.85. The Bertz CT molecular complexity index is 696. The Morgan fingerprint density at radius 1 is 1.25 bits per heavy atom. The fraction of sp³-hybridized carbons (Fsp3) is 0.143. The molecule has 0 unspecified atom stereocenters. The van der Waals surface area contributed by atoms with Gasteiger partial charge in [0.15, 0.2) is 5.13 Å². The quantitative estimate of drug-likeness (QED) is 0.788. The first-order valence-electron chi connectivity index (χ1n) is 5.89.